The number of rotatable bonds is 4. The lowest BCUT2D eigenvalue weighted by Crippen LogP contribution is -2.45. The van der Waals surface area contributed by atoms with Gasteiger partial charge in [-0.3, -0.25) is 0 Å². The maximum Gasteiger partial charge on any atom is 0.244 e. The largest absolute Gasteiger partial charge is 0.492 e. The molecule has 0 saturated carbocycles. The second kappa shape index (κ2) is 5.05. The first-order valence-corrected chi connectivity index (χ1v) is 8.20. The van der Waals surface area contributed by atoms with Crippen molar-refractivity contribution in [2.24, 2.45) is 5.73 Å². The highest BCUT2D eigenvalue weighted by molar-refractivity contribution is 9.10. The molecule has 0 radical (unpaired) electrons. The van der Waals surface area contributed by atoms with Gasteiger partial charge in [0.2, 0.25) is 10.0 Å². The molecule has 0 aromatic heterocycles. The van der Waals surface area contributed by atoms with Crippen LogP contribution in [0.15, 0.2) is 21.5 Å². The number of nitrogens with one attached hydrogen (secondary N) is 1. The molecule has 1 aromatic rings. The van der Waals surface area contributed by atoms with Crippen LogP contribution in [-0.2, 0) is 16.4 Å². The molecular weight excluding hydrogens is 332 g/mol. The maximum absolute atomic E-state index is 12.3. The van der Waals surface area contributed by atoms with Gasteiger partial charge in [-0.25, -0.2) is 13.1 Å². The fourth-order valence-corrected chi connectivity index (χ4v) is 3.88. The number of sulfonamides is 1. The van der Waals surface area contributed by atoms with Crippen LogP contribution in [0.5, 0.6) is 5.75 Å². The normalized spacial score (nSPS) is 15.2. The van der Waals surface area contributed by atoms with Crippen molar-refractivity contribution in [2.45, 2.75) is 30.7 Å². The third-order valence-corrected chi connectivity index (χ3v) is 4.59. The summed E-state index contributed by atoms with van der Waals surface area (Å²) in [5.41, 5.74) is 6.09. The van der Waals surface area contributed by atoms with Crippen molar-refractivity contribution in [3.05, 3.63) is 22.2 Å². The molecule has 2 rings (SSSR count). The third kappa shape index (κ3) is 3.47. The van der Waals surface area contributed by atoms with Gasteiger partial charge in [-0.2, -0.15) is 0 Å². The van der Waals surface area contributed by atoms with Crippen molar-refractivity contribution >= 4 is 26.0 Å². The Hall–Kier alpha value is -0.630. The van der Waals surface area contributed by atoms with E-state index in [-0.39, 0.29) is 11.4 Å². The van der Waals surface area contributed by atoms with Gasteiger partial charge in [0.25, 0.3) is 0 Å². The van der Waals surface area contributed by atoms with Crippen LogP contribution in [0.2, 0.25) is 0 Å². The van der Waals surface area contributed by atoms with Crippen molar-refractivity contribution in [3.63, 3.8) is 0 Å². The molecule has 0 bridgehead atoms. The van der Waals surface area contributed by atoms with Crippen LogP contribution >= 0.6 is 15.9 Å². The zero-order valence-electron chi connectivity index (χ0n) is 10.9. The molecule has 1 heterocycles. The molecule has 0 aliphatic carbocycles. The number of benzene rings is 1. The minimum absolute atomic E-state index is 0.163. The van der Waals surface area contributed by atoms with Crippen molar-refractivity contribution < 1.29 is 13.2 Å². The molecule has 0 fully saturated rings. The van der Waals surface area contributed by atoms with Crippen LogP contribution < -0.4 is 15.2 Å². The molecule has 7 heteroatoms. The van der Waals surface area contributed by atoms with Gasteiger partial charge in [0, 0.05) is 28.5 Å². The van der Waals surface area contributed by atoms with E-state index in [1.807, 2.05) is 6.07 Å². The van der Waals surface area contributed by atoms with Crippen LogP contribution in [0.3, 0.4) is 0 Å². The Morgan fingerprint density at radius 1 is 1.47 bits per heavy atom. The highest BCUT2D eigenvalue weighted by Crippen LogP contribution is 2.35. The van der Waals surface area contributed by atoms with Gasteiger partial charge < -0.3 is 10.5 Å². The van der Waals surface area contributed by atoms with E-state index in [1.54, 1.807) is 19.9 Å². The molecule has 1 aliphatic heterocycles. The van der Waals surface area contributed by atoms with Crippen LogP contribution in [0.4, 0.5) is 0 Å². The Morgan fingerprint density at radius 2 is 2.16 bits per heavy atom. The summed E-state index contributed by atoms with van der Waals surface area (Å²) < 4.78 is 33.3. The molecular formula is C12H17BrN2O3S. The summed E-state index contributed by atoms with van der Waals surface area (Å²) in [6.45, 7) is 4.20. The standard InChI is InChI=1S/C12H17BrN2O3S/c1-12(2,14)7-15-19(16,17)10-6-9(13)5-8-3-4-18-11(8)10/h5-6,15H,3-4,7,14H2,1-2H3. The number of hydrogen-bond acceptors (Lipinski definition) is 4. The van der Waals surface area contributed by atoms with Gasteiger partial charge in [-0.15, -0.1) is 0 Å². The van der Waals surface area contributed by atoms with Gasteiger partial charge >= 0.3 is 0 Å². The smallest absolute Gasteiger partial charge is 0.244 e. The Bertz CT molecular complexity index is 594. The van der Waals surface area contributed by atoms with Crippen LogP contribution in [0.25, 0.3) is 0 Å². The quantitative estimate of drug-likeness (QED) is 0.861. The predicted octanol–water partition coefficient (Wildman–Crippen LogP) is 1.40. The highest BCUT2D eigenvalue weighted by atomic mass is 79.9. The van der Waals surface area contributed by atoms with Gasteiger partial charge in [0.15, 0.2) is 0 Å². The fraction of sp³-hybridized carbons (Fsp3) is 0.500. The van der Waals surface area contributed by atoms with Crippen LogP contribution in [0.1, 0.15) is 19.4 Å². The maximum atomic E-state index is 12.3. The summed E-state index contributed by atoms with van der Waals surface area (Å²) in [5.74, 6) is 0.450. The van der Waals surface area contributed by atoms with E-state index < -0.39 is 15.6 Å². The molecule has 1 aromatic carbocycles. The molecule has 0 amide bonds. The van der Waals surface area contributed by atoms with E-state index in [9.17, 15) is 8.42 Å². The van der Waals surface area contributed by atoms with Crippen molar-refractivity contribution in [2.75, 3.05) is 13.2 Å². The minimum Gasteiger partial charge on any atom is -0.492 e. The van der Waals surface area contributed by atoms with Crippen molar-refractivity contribution in [3.8, 4) is 5.75 Å². The van der Waals surface area contributed by atoms with Crippen molar-refractivity contribution in [1.29, 1.82) is 0 Å². The molecule has 1 aliphatic rings. The van der Waals surface area contributed by atoms with Gasteiger partial charge in [-0.05, 0) is 26.0 Å². The summed E-state index contributed by atoms with van der Waals surface area (Å²) in [5, 5.41) is 0. The second-order valence-electron chi connectivity index (χ2n) is 5.30. The Balaban J connectivity index is 2.36. The van der Waals surface area contributed by atoms with E-state index in [0.29, 0.717) is 12.4 Å². The Morgan fingerprint density at radius 3 is 2.79 bits per heavy atom. The number of nitrogens with two attached hydrogens (primary N) is 1. The summed E-state index contributed by atoms with van der Waals surface area (Å²) in [6.07, 6.45) is 0.722. The van der Waals surface area contributed by atoms with Gasteiger partial charge in [0.1, 0.15) is 10.6 Å². The van der Waals surface area contributed by atoms with Crippen LogP contribution in [-0.4, -0.2) is 27.1 Å². The zero-order chi connectivity index (χ0) is 14.3. The van der Waals surface area contributed by atoms with Gasteiger partial charge in [-0.1, -0.05) is 15.9 Å². The number of fused-ring (bicyclic) bond motifs is 1. The summed E-state index contributed by atoms with van der Waals surface area (Å²) in [6, 6.07) is 3.43. The zero-order valence-corrected chi connectivity index (χ0v) is 13.3. The van der Waals surface area contributed by atoms with E-state index in [1.165, 1.54) is 0 Å². The summed E-state index contributed by atoms with van der Waals surface area (Å²) in [4.78, 5) is 0.165. The van der Waals surface area contributed by atoms with E-state index in [2.05, 4.69) is 20.7 Å². The van der Waals surface area contributed by atoms with E-state index >= 15 is 0 Å². The monoisotopic (exact) mass is 348 g/mol. The van der Waals surface area contributed by atoms with Crippen LogP contribution in [0, 0.1) is 0 Å². The molecule has 3 N–H and O–H groups in total. The average Bonchev–Trinajstić information content (AvgIpc) is 2.72. The molecule has 0 saturated heterocycles. The Labute approximate surface area is 121 Å². The van der Waals surface area contributed by atoms with Crippen molar-refractivity contribution in [1.82, 2.24) is 4.72 Å². The molecule has 0 unspecified atom stereocenters. The van der Waals surface area contributed by atoms with Gasteiger partial charge in [0.05, 0.1) is 6.61 Å². The van der Waals surface area contributed by atoms with E-state index in [0.717, 1.165) is 16.5 Å². The predicted molar refractivity (Wildman–Crippen MR) is 76.8 cm³/mol. The molecule has 106 valence electrons. The first kappa shape index (κ1) is 14.8. The first-order valence-electron chi connectivity index (χ1n) is 5.93. The topological polar surface area (TPSA) is 81.4 Å². The average molecular weight is 349 g/mol. The SMILES string of the molecule is CC(C)(N)CNS(=O)(=O)c1cc(Br)cc2c1OCC2. The highest BCUT2D eigenvalue weighted by Gasteiger charge is 2.27. The summed E-state index contributed by atoms with van der Waals surface area (Å²) in [7, 11) is -3.63. The number of halogens is 1. The second-order valence-corrected chi connectivity index (χ2v) is 7.95. The lowest BCUT2D eigenvalue weighted by molar-refractivity contribution is 0.348. The minimum atomic E-state index is -3.63. The summed E-state index contributed by atoms with van der Waals surface area (Å²) >= 11 is 3.33. The molecule has 0 atom stereocenters. The lowest BCUT2D eigenvalue weighted by Gasteiger charge is -2.19. The fourth-order valence-electron chi connectivity index (χ4n) is 1.79. The number of ether oxygens (including phenoxy) is 1. The van der Waals surface area contributed by atoms with E-state index in [4.69, 9.17) is 10.5 Å². The molecule has 0 spiro atoms. The lowest BCUT2D eigenvalue weighted by atomic mass is 10.1. The molecule has 19 heavy (non-hydrogen) atoms. The molecule has 5 nitrogen and oxygen atoms in total. The number of hydrogen-bond donors (Lipinski definition) is 2. The third-order valence-electron chi connectivity index (χ3n) is 2.72. The first-order chi connectivity index (χ1) is 8.69. The Kier molecular flexibility index (Phi) is 3.92.